The summed E-state index contributed by atoms with van der Waals surface area (Å²) in [5, 5.41) is 4.29. The third-order valence-corrected chi connectivity index (χ3v) is 5.15. The van der Waals surface area contributed by atoms with Gasteiger partial charge in [-0.1, -0.05) is 42.4 Å². The Bertz CT molecular complexity index is 624. The molecule has 3 heterocycles. The van der Waals surface area contributed by atoms with E-state index in [1.165, 1.54) is 24.9 Å². The molecule has 3 atom stereocenters. The Hall–Kier alpha value is -1.68. The lowest BCUT2D eigenvalue weighted by Gasteiger charge is -2.24. The molecule has 4 nitrogen and oxygen atoms in total. The Morgan fingerprint density at radius 1 is 1.27 bits per heavy atom. The predicted octanol–water partition coefficient (Wildman–Crippen LogP) is 3.72. The van der Waals surface area contributed by atoms with Crippen molar-refractivity contribution in [2.45, 2.75) is 57.0 Å². The molecule has 4 heteroatoms. The number of nitrogens with zero attached hydrogens (tertiary/aromatic N) is 3. The number of hydrogen-bond acceptors (Lipinski definition) is 4. The summed E-state index contributed by atoms with van der Waals surface area (Å²) in [7, 11) is 0. The molecule has 1 aromatic carbocycles. The largest absolute Gasteiger partial charge is 0.339 e. The van der Waals surface area contributed by atoms with E-state index >= 15 is 0 Å². The van der Waals surface area contributed by atoms with E-state index in [0.29, 0.717) is 18.0 Å². The summed E-state index contributed by atoms with van der Waals surface area (Å²) >= 11 is 0. The Kier molecular flexibility index (Phi) is 3.70. The molecule has 1 aromatic heterocycles. The van der Waals surface area contributed by atoms with Crippen LogP contribution < -0.4 is 0 Å². The quantitative estimate of drug-likeness (QED) is 0.862. The normalized spacial score (nSPS) is 28.1. The number of benzene rings is 1. The van der Waals surface area contributed by atoms with Crippen LogP contribution in [0.1, 0.15) is 61.8 Å². The van der Waals surface area contributed by atoms with E-state index in [1.54, 1.807) is 0 Å². The van der Waals surface area contributed by atoms with Crippen molar-refractivity contribution in [3.05, 3.63) is 47.6 Å². The molecule has 2 aliphatic heterocycles. The van der Waals surface area contributed by atoms with Gasteiger partial charge in [-0.05, 0) is 37.8 Å². The number of aromatic nitrogens is 2. The van der Waals surface area contributed by atoms with Crippen LogP contribution in [0.4, 0.5) is 0 Å². The fourth-order valence-electron chi connectivity index (χ4n) is 4.18. The van der Waals surface area contributed by atoms with E-state index in [1.807, 2.05) is 0 Å². The number of hydrogen-bond donors (Lipinski definition) is 0. The third-order valence-electron chi connectivity index (χ3n) is 5.15. The summed E-state index contributed by atoms with van der Waals surface area (Å²) in [6.45, 7) is 3.34. The molecule has 22 heavy (non-hydrogen) atoms. The zero-order valence-electron chi connectivity index (χ0n) is 13.1. The summed E-state index contributed by atoms with van der Waals surface area (Å²) in [5.41, 5.74) is 1.43. The van der Waals surface area contributed by atoms with Gasteiger partial charge in [-0.15, -0.1) is 0 Å². The molecule has 0 saturated carbocycles. The molecule has 0 N–H and O–H groups in total. The smallest absolute Gasteiger partial charge is 0.226 e. The molecule has 0 spiro atoms. The molecule has 0 unspecified atom stereocenters. The first-order valence-corrected chi connectivity index (χ1v) is 8.50. The minimum absolute atomic E-state index is 0.419. The summed E-state index contributed by atoms with van der Waals surface area (Å²) < 4.78 is 5.43. The number of rotatable bonds is 4. The van der Waals surface area contributed by atoms with Crippen LogP contribution >= 0.6 is 0 Å². The van der Waals surface area contributed by atoms with E-state index in [0.717, 1.165) is 31.0 Å². The van der Waals surface area contributed by atoms with Gasteiger partial charge >= 0.3 is 0 Å². The van der Waals surface area contributed by atoms with Crippen LogP contribution in [-0.4, -0.2) is 27.6 Å². The van der Waals surface area contributed by atoms with Crippen molar-refractivity contribution in [1.29, 1.82) is 0 Å². The molecule has 4 rings (SSSR count). The lowest BCUT2D eigenvalue weighted by atomic mass is 9.94. The van der Waals surface area contributed by atoms with Gasteiger partial charge in [0.2, 0.25) is 5.89 Å². The summed E-state index contributed by atoms with van der Waals surface area (Å²) in [4.78, 5) is 7.33. The standard InChI is InChI=1S/C18H23N3O/c1-2-7-17-19-18(20-22-17)14-12-16(13-8-4-3-5-9-13)21-11-6-10-15(14)21/h3-5,8-9,14-16H,2,6-7,10-12H2,1H3/t14-,15+,16-/m1/s1. The number of aryl methyl sites for hydroxylation is 1. The van der Waals surface area contributed by atoms with Crippen LogP contribution in [0.5, 0.6) is 0 Å². The fraction of sp³-hybridized carbons (Fsp3) is 0.556. The van der Waals surface area contributed by atoms with E-state index in [4.69, 9.17) is 4.52 Å². The van der Waals surface area contributed by atoms with Crippen LogP contribution in [0.15, 0.2) is 34.9 Å². The molecule has 2 fully saturated rings. The Morgan fingerprint density at radius 2 is 2.14 bits per heavy atom. The molecular formula is C18H23N3O. The zero-order valence-corrected chi connectivity index (χ0v) is 13.1. The maximum Gasteiger partial charge on any atom is 0.226 e. The van der Waals surface area contributed by atoms with Crippen molar-refractivity contribution < 1.29 is 4.52 Å². The predicted molar refractivity (Wildman–Crippen MR) is 84.6 cm³/mol. The van der Waals surface area contributed by atoms with Gasteiger partial charge < -0.3 is 4.52 Å². The molecular weight excluding hydrogens is 274 g/mol. The second-order valence-corrected chi connectivity index (χ2v) is 6.51. The summed E-state index contributed by atoms with van der Waals surface area (Å²) in [6.07, 6.45) is 5.58. The second kappa shape index (κ2) is 5.84. The summed E-state index contributed by atoms with van der Waals surface area (Å²) in [5.74, 6) is 2.14. The highest BCUT2D eigenvalue weighted by Gasteiger charge is 2.46. The molecule has 116 valence electrons. The minimum atomic E-state index is 0.419. The van der Waals surface area contributed by atoms with Crippen molar-refractivity contribution in [3.8, 4) is 0 Å². The topological polar surface area (TPSA) is 42.2 Å². The fourth-order valence-corrected chi connectivity index (χ4v) is 4.18. The van der Waals surface area contributed by atoms with Crippen LogP contribution in [0, 0.1) is 0 Å². The van der Waals surface area contributed by atoms with Crippen molar-refractivity contribution in [2.75, 3.05) is 6.54 Å². The first-order chi connectivity index (χ1) is 10.9. The van der Waals surface area contributed by atoms with Gasteiger partial charge in [0.25, 0.3) is 0 Å². The highest BCUT2D eigenvalue weighted by Crippen LogP contribution is 2.48. The average molecular weight is 297 g/mol. The second-order valence-electron chi connectivity index (χ2n) is 6.51. The monoisotopic (exact) mass is 297 g/mol. The van der Waals surface area contributed by atoms with Gasteiger partial charge in [0.1, 0.15) is 0 Å². The minimum Gasteiger partial charge on any atom is -0.339 e. The lowest BCUT2D eigenvalue weighted by molar-refractivity contribution is 0.243. The zero-order chi connectivity index (χ0) is 14.9. The van der Waals surface area contributed by atoms with Crippen molar-refractivity contribution in [2.24, 2.45) is 0 Å². The van der Waals surface area contributed by atoms with Crippen molar-refractivity contribution >= 4 is 0 Å². The van der Waals surface area contributed by atoms with Gasteiger partial charge in [-0.3, -0.25) is 4.90 Å². The molecule has 2 aromatic rings. The van der Waals surface area contributed by atoms with Crippen LogP contribution in [0.2, 0.25) is 0 Å². The number of fused-ring (bicyclic) bond motifs is 1. The molecule has 0 amide bonds. The highest BCUT2D eigenvalue weighted by atomic mass is 16.5. The third kappa shape index (κ3) is 2.35. The Morgan fingerprint density at radius 3 is 2.95 bits per heavy atom. The van der Waals surface area contributed by atoms with Crippen LogP contribution in [-0.2, 0) is 6.42 Å². The lowest BCUT2D eigenvalue weighted by Crippen LogP contribution is -2.27. The molecule has 0 aliphatic carbocycles. The SMILES string of the molecule is CCCc1nc([C@@H]2C[C@H](c3ccccc3)N3CCC[C@@H]23)no1. The highest BCUT2D eigenvalue weighted by molar-refractivity contribution is 5.24. The van der Waals surface area contributed by atoms with Gasteiger partial charge in [-0.25, -0.2) is 0 Å². The molecule has 0 radical (unpaired) electrons. The maximum atomic E-state index is 5.43. The van der Waals surface area contributed by atoms with E-state index in [9.17, 15) is 0 Å². The van der Waals surface area contributed by atoms with Crippen molar-refractivity contribution in [1.82, 2.24) is 15.0 Å². The van der Waals surface area contributed by atoms with Crippen molar-refractivity contribution in [3.63, 3.8) is 0 Å². The van der Waals surface area contributed by atoms with Gasteiger partial charge in [0.15, 0.2) is 5.82 Å². The molecule has 0 bridgehead atoms. The Labute approximate surface area is 131 Å². The maximum absolute atomic E-state index is 5.43. The molecule has 2 aliphatic rings. The van der Waals surface area contributed by atoms with Crippen LogP contribution in [0.3, 0.4) is 0 Å². The average Bonchev–Trinajstić information content (AvgIpc) is 3.24. The van der Waals surface area contributed by atoms with Crippen LogP contribution in [0.25, 0.3) is 0 Å². The van der Waals surface area contributed by atoms with E-state index in [2.05, 4.69) is 52.3 Å². The Balaban J connectivity index is 1.61. The van der Waals surface area contributed by atoms with Gasteiger partial charge in [0, 0.05) is 24.4 Å². The van der Waals surface area contributed by atoms with E-state index in [-0.39, 0.29) is 0 Å². The first kappa shape index (κ1) is 13.9. The molecule has 2 saturated heterocycles. The summed E-state index contributed by atoms with van der Waals surface area (Å²) in [6, 6.07) is 12.0. The van der Waals surface area contributed by atoms with Gasteiger partial charge in [-0.2, -0.15) is 4.98 Å². The van der Waals surface area contributed by atoms with E-state index < -0.39 is 0 Å². The van der Waals surface area contributed by atoms with Gasteiger partial charge in [0.05, 0.1) is 0 Å². The first-order valence-electron chi connectivity index (χ1n) is 8.50.